The molecule has 6 heteroatoms. The average molecular weight is 302 g/mol. The molecule has 0 aliphatic carbocycles. The topological polar surface area (TPSA) is 92.3 Å². The molecule has 0 saturated heterocycles. The van der Waals surface area contributed by atoms with Crippen molar-refractivity contribution in [1.82, 2.24) is 9.97 Å². The van der Waals surface area contributed by atoms with Gasteiger partial charge >= 0.3 is 5.97 Å². The Hall–Kier alpha value is -2.63. The van der Waals surface area contributed by atoms with Crippen LogP contribution in [0, 0.1) is 0 Å². The van der Waals surface area contributed by atoms with E-state index in [0.717, 1.165) is 11.8 Å². The van der Waals surface area contributed by atoms with Crippen LogP contribution < -0.4 is 10.3 Å². The number of carboxylic acids is 1. The molecule has 0 unspecified atom stereocenters. The van der Waals surface area contributed by atoms with Gasteiger partial charge in [-0.05, 0) is 23.6 Å². The van der Waals surface area contributed by atoms with Gasteiger partial charge < -0.3 is 14.8 Å². The Labute approximate surface area is 127 Å². The van der Waals surface area contributed by atoms with E-state index in [1.54, 1.807) is 0 Å². The van der Waals surface area contributed by atoms with E-state index in [9.17, 15) is 9.59 Å². The van der Waals surface area contributed by atoms with Gasteiger partial charge in [0.2, 0.25) is 0 Å². The van der Waals surface area contributed by atoms with Crippen LogP contribution in [-0.4, -0.2) is 27.7 Å². The zero-order valence-electron chi connectivity index (χ0n) is 12.5. The van der Waals surface area contributed by atoms with E-state index in [4.69, 9.17) is 9.84 Å². The fourth-order valence-electron chi connectivity index (χ4n) is 1.97. The molecule has 6 nitrogen and oxygen atoms in total. The van der Waals surface area contributed by atoms with E-state index in [0.29, 0.717) is 24.8 Å². The quantitative estimate of drug-likeness (QED) is 0.853. The van der Waals surface area contributed by atoms with Crippen LogP contribution in [0.25, 0.3) is 0 Å². The van der Waals surface area contributed by atoms with Gasteiger partial charge in [-0.3, -0.25) is 4.79 Å². The summed E-state index contributed by atoms with van der Waals surface area (Å²) in [6.45, 7) is 4.50. The number of carboxylic acid groups (broad SMARTS) is 1. The van der Waals surface area contributed by atoms with Crippen LogP contribution in [0.15, 0.2) is 35.1 Å². The molecule has 0 amide bonds. The second-order valence-electron chi connectivity index (χ2n) is 5.21. The summed E-state index contributed by atoms with van der Waals surface area (Å²) in [5.41, 5.74) is 0.432. The summed E-state index contributed by atoms with van der Waals surface area (Å²) < 4.78 is 5.63. The van der Waals surface area contributed by atoms with Gasteiger partial charge in [0.25, 0.3) is 5.56 Å². The molecule has 0 saturated carbocycles. The number of carbonyl (C=O) groups is 1. The van der Waals surface area contributed by atoms with Crippen molar-refractivity contribution < 1.29 is 14.6 Å². The number of nitrogens with zero attached hydrogens (tertiary/aromatic N) is 1. The lowest BCUT2D eigenvalue weighted by molar-refractivity contribution is 0.0689. The van der Waals surface area contributed by atoms with Gasteiger partial charge in [-0.15, -0.1) is 0 Å². The number of rotatable bonds is 6. The maximum Gasteiger partial charge on any atom is 0.354 e. The molecule has 116 valence electrons. The highest BCUT2D eigenvalue weighted by molar-refractivity contribution is 5.85. The summed E-state index contributed by atoms with van der Waals surface area (Å²) in [5, 5.41) is 8.87. The summed E-state index contributed by atoms with van der Waals surface area (Å²) >= 11 is 0. The van der Waals surface area contributed by atoms with Gasteiger partial charge in [-0.25, -0.2) is 9.78 Å². The lowest BCUT2D eigenvalue weighted by Gasteiger charge is -2.10. The first kappa shape index (κ1) is 15.8. The van der Waals surface area contributed by atoms with Gasteiger partial charge in [0.1, 0.15) is 11.6 Å². The van der Waals surface area contributed by atoms with Crippen molar-refractivity contribution in [2.45, 2.75) is 26.2 Å². The Bertz CT molecular complexity index is 722. The molecule has 0 aliphatic heterocycles. The van der Waals surface area contributed by atoms with Crippen molar-refractivity contribution in [3.05, 3.63) is 57.8 Å². The third-order valence-corrected chi connectivity index (χ3v) is 3.14. The van der Waals surface area contributed by atoms with E-state index in [1.807, 2.05) is 24.3 Å². The normalized spacial score (nSPS) is 10.7. The molecule has 0 aliphatic rings. The number of aromatic amines is 1. The van der Waals surface area contributed by atoms with Crippen LogP contribution in [0.1, 0.15) is 41.6 Å². The van der Waals surface area contributed by atoms with Crippen LogP contribution in [0.5, 0.6) is 5.75 Å². The van der Waals surface area contributed by atoms with Gasteiger partial charge in [-0.2, -0.15) is 0 Å². The Balaban J connectivity index is 2.01. The highest BCUT2D eigenvalue weighted by Gasteiger charge is 2.08. The molecule has 2 aromatic rings. The van der Waals surface area contributed by atoms with E-state index >= 15 is 0 Å². The average Bonchev–Trinajstić information content (AvgIpc) is 2.47. The second-order valence-corrected chi connectivity index (χ2v) is 5.21. The highest BCUT2D eigenvalue weighted by Crippen LogP contribution is 2.20. The Morgan fingerprint density at radius 1 is 1.36 bits per heavy atom. The standard InChI is InChI=1S/C16H18N2O4/c1-10(2)11-4-3-5-12(8-11)22-7-6-14-17-13(16(20)21)9-15(19)18-14/h3-5,8-10H,6-7H2,1-2H3,(H,20,21)(H,17,18,19). The number of nitrogens with one attached hydrogen (secondary N) is 1. The largest absolute Gasteiger partial charge is 0.493 e. The summed E-state index contributed by atoms with van der Waals surface area (Å²) in [5.74, 6) is 0.222. The van der Waals surface area contributed by atoms with E-state index in [-0.39, 0.29) is 5.69 Å². The zero-order valence-corrected chi connectivity index (χ0v) is 12.5. The van der Waals surface area contributed by atoms with Crippen molar-refractivity contribution in [2.75, 3.05) is 6.61 Å². The molecule has 2 rings (SSSR count). The first-order chi connectivity index (χ1) is 10.5. The maximum atomic E-state index is 11.4. The predicted molar refractivity (Wildman–Crippen MR) is 81.5 cm³/mol. The third-order valence-electron chi connectivity index (χ3n) is 3.14. The number of ether oxygens (including phenoxy) is 1. The molecule has 1 heterocycles. The minimum absolute atomic E-state index is 0.263. The van der Waals surface area contributed by atoms with Crippen molar-refractivity contribution in [1.29, 1.82) is 0 Å². The summed E-state index contributed by atoms with van der Waals surface area (Å²) in [7, 11) is 0. The van der Waals surface area contributed by atoms with Crippen molar-refractivity contribution in [3.63, 3.8) is 0 Å². The Morgan fingerprint density at radius 3 is 2.82 bits per heavy atom. The first-order valence-corrected chi connectivity index (χ1v) is 7.02. The molecule has 0 radical (unpaired) electrons. The number of H-pyrrole nitrogens is 1. The van der Waals surface area contributed by atoms with Crippen LogP contribution in [0.4, 0.5) is 0 Å². The SMILES string of the molecule is CC(C)c1cccc(OCCc2nc(C(=O)O)cc(=O)[nH]2)c1. The van der Waals surface area contributed by atoms with Crippen LogP contribution in [0.2, 0.25) is 0 Å². The molecular weight excluding hydrogens is 284 g/mol. The molecule has 1 aromatic carbocycles. The maximum absolute atomic E-state index is 11.4. The fraction of sp³-hybridized carbons (Fsp3) is 0.312. The molecule has 0 bridgehead atoms. The summed E-state index contributed by atoms with van der Waals surface area (Å²) in [6, 6.07) is 8.74. The van der Waals surface area contributed by atoms with Crippen molar-refractivity contribution >= 4 is 5.97 Å². The monoisotopic (exact) mass is 302 g/mol. The minimum atomic E-state index is -1.22. The van der Waals surface area contributed by atoms with Crippen molar-refractivity contribution in [3.8, 4) is 5.75 Å². The minimum Gasteiger partial charge on any atom is -0.493 e. The molecule has 0 atom stereocenters. The van der Waals surface area contributed by atoms with Gasteiger partial charge in [-0.1, -0.05) is 26.0 Å². The number of aromatic nitrogens is 2. The lowest BCUT2D eigenvalue weighted by atomic mass is 10.0. The van der Waals surface area contributed by atoms with E-state index in [1.165, 1.54) is 5.56 Å². The number of hydrogen-bond acceptors (Lipinski definition) is 4. The van der Waals surface area contributed by atoms with Gasteiger partial charge in [0, 0.05) is 12.5 Å². The Morgan fingerprint density at radius 2 is 2.14 bits per heavy atom. The summed E-state index contributed by atoms with van der Waals surface area (Å²) in [4.78, 5) is 28.6. The first-order valence-electron chi connectivity index (χ1n) is 7.02. The Kier molecular flexibility index (Phi) is 4.93. The molecule has 0 spiro atoms. The van der Waals surface area contributed by atoms with E-state index in [2.05, 4.69) is 23.8 Å². The molecule has 1 aromatic heterocycles. The van der Waals surface area contributed by atoms with Gasteiger partial charge in [0.15, 0.2) is 5.69 Å². The third kappa shape index (κ3) is 4.18. The highest BCUT2D eigenvalue weighted by atomic mass is 16.5. The molecule has 0 fully saturated rings. The number of hydrogen-bond donors (Lipinski definition) is 2. The molecular formula is C16H18N2O4. The zero-order chi connectivity index (χ0) is 16.1. The fourth-order valence-corrected chi connectivity index (χ4v) is 1.97. The number of benzene rings is 1. The number of aromatic carboxylic acids is 1. The van der Waals surface area contributed by atoms with E-state index < -0.39 is 11.5 Å². The van der Waals surface area contributed by atoms with Crippen molar-refractivity contribution in [2.24, 2.45) is 0 Å². The molecule has 2 N–H and O–H groups in total. The van der Waals surface area contributed by atoms with Crippen LogP contribution in [-0.2, 0) is 6.42 Å². The second kappa shape index (κ2) is 6.89. The smallest absolute Gasteiger partial charge is 0.354 e. The van der Waals surface area contributed by atoms with Gasteiger partial charge in [0.05, 0.1) is 6.61 Å². The molecule has 22 heavy (non-hydrogen) atoms. The van der Waals surface area contributed by atoms with Crippen LogP contribution in [0.3, 0.4) is 0 Å². The summed E-state index contributed by atoms with van der Waals surface area (Å²) in [6.07, 6.45) is 0.322. The predicted octanol–water partition coefficient (Wildman–Crippen LogP) is 2.21. The lowest BCUT2D eigenvalue weighted by Crippen LogP contribution is -2.17. The van der Waals surface area contributed by atoms with Crippen LogP contribution >= 0.6 is 0 Å².